The third kappa shape index (κ3) is 3.25. The molecule has 1 aliphatic rings. The van der Waals surface area contributed by atoms with E-state index in [1.54, 1.807) is 0 Å². The van der Waals surface area contributed by atoms with E-state index in [-0.39, 0.29) is 5.41 Å². The van der Waals surface area contributed by atoms with Crippen LogP contribution in [-0.4, -0.2) is 18.6 Å². The van der Waals surface area contributed by atoms with E-state index in [1.807, 2.05) is 0 Å². The molecule has 0 bridgehead atoms. The van der Waals surface area contributed by atoms with Crippen LogP contribution in [0.25, 0.3) is 0 Å². The SMILES string of the molecule is CC(C)(C)C(N)CCNC1CC1(C)C. The molecule has 0 aromatic carbocycles. The van der Waals surface area contributed by atoms with Gasteiger partial charge in [0.05, 0.1) is 0 Å². The third-order valence-electron chi connectivity index (χ3n) is 3.47. The van der Waals surface area contributed by atoms with Gasteiger partial charge in [0, 0.05) is 12.1 Å². The minimum atomic E-state index is 0.237. The Labute approximate surface area is 88.6 Å². The summed E-state index contributed by atoms with van der Waals surface area (Å²) in [5.41, 5.74) is 6.86. The second-order valence-electron chi connectivity index (χ2n) is 6.46. The fourth-order valence-corrected chi connectivity index (χ4v) is 1.66. The van der Waals surface area contributed by atoms with Gasteiger partial charge in [-0.1, -0.05) is 34.6 Å². The van der Waals surface area contributed by atoms with Crippen LogP contribution in [0.3, 0.4) is 0 Å². The lowest BCUT2D eigenvalue weighted by Gasteiger charge is -2.27. The fraction of sp³-hybridized carbons (Fsp3) is 1.00. The molecular formula is C12H26N2. The number of hydrogen-bond donors (Lipinski definition) is 2. The van der Waals surface area contributed by atoms with Crippen molar-refractivity contribution < 1.29 is 0 Å². The molecule has 0 saturated heterocycles. The zero-order chi connectivity index (χ0) is 11.0. The van der Waals surface area contributed by atoms with Gasteiger partial charge in [0.1, 0.15) is 0 Å². The monoisotopic (exact) mass is 198 g/mol. The van der Waals surface area contributed by atoms with Gasteiger partial charge in [-0.25, -0.2) is 0 Å². The number of nitrogens with one attached hydrogen (secondary N) is 1. The molecule has 2 nitrogen and oxygen atoms in total. The van der Waals surface area contributed by atoms with E-state index in [1.165, 1.54) is 6.42 Å². The quantitative estimate of drug-likeness (QED) is 0.726. The van der Waals surface area contributed by atoms with Gasteiger partial charge in [-0.05, 0) is 30.2 Å². The number of hydrogen-bond acceptors (Lipinski definition) is 2. The van der Waals surface area contributed by atoms with Crippen molar-refractivity contribution in [2.45, 2.75) is 59.5 Å². The Morgan fingerprint density at radius 2 is 1.93 bits per heavy atom. The van der Waals surface area contributed by atoms with Crippen molar-refractivity contribution in [3.8, 4) is 0 Å². The Hall–Kier alpha value is -0.0800. The van der Waals surface area contributed by atoms with Gasteiger partial charge < -0.3 is 11.1 Å². The maximum atomic E-state index is 6.08. The van der Waals surface area contributed by atoms with Crippen LogP contribution in [0, 0.1) is 10.8 Å². The molecule has 1 rings (SSSR count). The van der Waals surface area contributed by atoms with E-state index in [2.05, 4.69) is 39.9 Å². The minimum Gasteiger partial charge on any atom is -0.327 e. The van der Waals surface area contributed by atoms with Crippen molar-refractivity contribution in [2.75, 3.05) is 6.54 Å². The summed E-state index contributed by atoms with van der Waals surface area (Å²) in [5.74, 6) is 0. The molecule has 3 N–H and O–H groups in total. The highest BCUT2D eigenvalue weighted by Crippen LogP contribution is 2.44. The van der Waals surface area contributed by atoms with E-state index < -0.39 is 0 Å². The largest absolute Gasteiger partial charge is 0.327 e. The molecule has 0 heterocycles. The van der Waals surface area contributed by atoms with E-state index in [0.717, 1.165) is 19.0 Å². The Kier molecular flexibility index (Phi) is 3.27. The van der Waals surface area contributed by atoms with E-state index in [9.17, 15) is 0 Å². The van der Waals surface area contributed by atoms with Gasteiger partial charge >= 0.3 is 0 Å². The minimum absolute atomic E-state index is 0.237. The molecule has 0 aliphatic heterocycles. The molecule has 84 valence electrons. The topological polar surface area (TPSA) is 38.0 Å². The van der Waals surface area contributed by atoms with Crippen LogP contribution in [-0.2, 0) is 0 Å². The molecule has 0 radical (unpaired) electrons. The second-order valence-corrected chi connectivity index (χ2v) is 6.46. The van der Waals surface area contributed by atoms with Gasteiger partial charge in [0.15, 0.2) is 0 Å². The summed E-state index contributed by atoms with van der Waals surface area (Å²) in [4.78, 5) is 0. The van der Waals surface area contributed by atoms with Crippen LogP contribution in [0.15, 0.2) is 0 Å². The van der Waals surface area contributed by atoms with Crippen LogP contribution >= 0.6 is 0 Å². The first-order valence-corrected chi connectivity index (χ1v) is 5.72. The zero-order valence-corrected chi connectivity index (χ0v) is 10.4. The van der Waals surface area contributed by atoms with Crippen molar-refractivity contribution in [1.82, 2.24) is 5.32 Å². The maximum Gasteiger partial charge on any atom is 0.0124 e. The predicted molar refractivity (Wildman–Crippen MR) is 62.2 cm³/mol. The lowest BCUT2D eigenvalue weighted by Crippen LogP contribution is -2.38. The Morgan fingerprint density at radius 1 is 1.43 bits per heavy atom. The number of rotatable bonds is 4. The Bertz CT molecular complexity index is 191. The lowest BCUT2D eigenvalue weighted by molar-refractivity contribution is 0.301. The van der Waals surface area contributed by atoms with Gasteiger partial charge in [-0.3, -0.25) is 0 Å². The highest BCUT2D eigenvalue weighted by Gasteiger charge is 2.44. The number of nitrogens with two attached hydrogens (primary N) is 1. The molecule has 0 amide bonds. The van der Waals surface area contributed by atoms with Crippen LogP contribution in [0.2, 0.25) is 0 Å². The summed E-state index contributed by atoms with van der Waals surface area (Å²) in [6.45, 7) is 12.3. The van der Waals surface area contributed by atoms with E-state index >= 15 is 0 Å². The van der Waals surface area contributed by atoms with Crippen molar-refractivity contribution in [2.24, 2.45) is 16.6 Å². The molecule has 2 atom stereocenters. The predicted octanol–water partition coefficient (Wildman–Crippen LogP) is 2.14. The summed E-state index contributed by atoms with van der Waals surface area (Å²) in [5, 5.41) is 3.57. The normalized spacial score (nSPS) is 27.4. The maximum absolute atomic E-state index is 6.08. The van der Waals surface area contributed by atoms with Gasteiger partial charge in [-0.15, -0.1) is 0 Å². The molecule has 1 saturated carbocycles. The van der Waals surface area contributed by atoms with Crippen LogP contribution < -0.4 is 11.1 Å². The van der Waals surface area contributed by atoms with Crippen molar-refractivity contribution in [3.63, 3.8) is 0 Å². The van der Waals surface area contributed by atoms with E-state index in [4.69, 9.17) is 5.73 Å². The average molecular weight is 198 g/mol. The standard InChI is InChI=1S/C12H26N2/c1-11(2,3)9(13)6-7-14-10-8-12(10,4)5/h9-10,14H,6-8,13H2,1-5H3. The van der Waals surface area contributed by atoms with Crippen LogP contribution in [0.4, 0.5) is 0 Å². The van der Waals surface area contributed by atoms with Crippen LogP contribution in [0.1, 0.15) is 47.5 Å². The summed E-state index contributed by atoms with van der Waals surface area (Å²) < 4.78 is 0. The molecule has 0 aromatic rings. The Morgan fingerprint density at radius 3 is 2.29 bits per heavy atom. The van der Waals surface area contributed by atoms with Gasteiger partial charge in [0.2, 0.25) is 0 Å². The first kappa shape index (κ1) is 12.0. The van der Waals surface area contributed by atoms with Crippen molar-refractivity contribution in [3.05, 3.63) is 0 Å². The molecule has 14 heavy (non-hydrogen) atoms. The summed E-state index contributed by atoms with van der Waals surface area (Å²) in [7, 11) is 0. The smallest absolute Gasteiger partial charge is 0.0124 e. The zero-order valence-electron chi connectivity index (χ0n) is 10.4. The first-order valence-electron chi connectivity index (χ1n) is 5.72. The van der Waals surface area contributed by atoms with Crippen LogP contribution in [0.5, 0.6) is 0 Å². The molecular weight excluding hydrogens is 172 g/mol. The lowest BCUT2D eigenvalue weighted by atomic mass is 9.85. The fourth-order valence-electron chi connectivity index (χ4n) is 1.66. The second kappa shape index (κ2) is 3.82. The molecule has 1 aliphatic carbocycles. The first-order chi connectivity index (χ1) is 6.23. The van der Waals surface area contributed by atoms with Gasteiger partial charge in [-0.2, -0.15) is 0 Å². The molecule has 1 fully saturated rings. The summed E-state index contributed by atoms with van der Waals surface area (Å²) in [6.07, 6.45) is 2.40. The van der Waals surface area contributed by atoms with Crippen molar-refractivity contribution in [1.29, 1.82) is 0 Å². The molecule has 2 unspecified atom stereocenters. The highest BCUT2D eigenvalue weighted by atomic mass is 15.0. The molecule has 2 heteroatoms. The molecule has 0 aromatic heterocycles. The highest BCUT2D eigenvalue weighted by molar-refractivity contribution is 5.01. The van der Waals surface area contributed by atoms with E-state index in [0.29, 0.717) is 11.5 Å². The average Bonchev–Trinajstić information content (AvgIpc) is 2.57. The van der Waals surface area contributed by atoms with Gasteiger partial charge in [0.25, 0.3) is 0 Å². The summed E-state index contributed by atoms with van der Waals surface area (Å²) >= 11 is 0. The summed E-state index contributed by atoms with van der Waals surface area (Å²) in [6, 6.07) is 1.03. The Balaban J connectivity index is 2.11. The van der Waals surface area contributed by atoms with Crippen molar-refractivity contribution >= 4 is 0 Å². The molecule has 0 spiro atoms. The third-order valence-corrected chi connectivity index (χ3v) is 3.47.